The van der Waals surface area contributed by atoms with Gasteiger partial charge in [-0.1, -0.05) is 36.4 Å². The molecule has 74 valence electrons. The van der Waals surface area contributed by atoms with Crippen LogP contribution in [0, 0.1) is 0 Å². The number of rotatable bonds is 2. The van der Waals surface area contributed by atoms with Gasteiger partial charge in [-0.2, -0.15) is 0 Å². The van der Waals surface area contributed by atoms with Gasteiger partial charge in [0, 0.05) is 6.54 Å². The number of benzene rings is 1. The van der Waals surface area contributed by atoms with E-state index in [4.69, 9.17) is 0 Å². The normalized spacial score (nSPS) is 12.6. The summed E-state index contributed by atoms with van der Waals surface area (Å²) in [5, 5.41) is 2.93. The molecule has 0 aromatic heterocycles. The van der Waals surface area contributed by atoms with E-state index >= 15 is 0 Å². The smallest absolute Gasteiger partial charge is 0.0825 e. The minimum Gasteiger partial charge on any atom is -0.375 e. The van der Waals surface area contributed by atoms with Crippen LogP contribution < -0.4 is 5.32 Å². The van der Waals surface area contributed by atoms with E-state index < -0.39 is 0 Å². The minimum atomic E-state index is 0.958. The lowest BCUT2D eigenvalue weighted by molar-refractivity contribution is 0.965. The van der Waals surface area contributed by atoms with Crippen molar-refractivity contribution in [2.24, 2.45) is 4.99 Å². The number of hydrogen-bond donors (Lipinski definition) is 1. The summed E-state index contributed by atoms with van der Waals surface area (Å²) >= 11 is 0. The van der Waals surface area contributed by atoms with Crippen molar-refractivity contribution < 1.29 is 0 Å². The van der Waals surface area contributed by atoms with Crippen LogP contribution in [-0.2, 0) is 6.42 Å². The van der Waals surface area contributed by atoms with E-state index in [1.54, 1.807) is 6.34 Å². The number of aliphatic imine (C=N–C) groups is 1. The van der Waals surface area contributed by atoms with Crippen molar-refractivity contribution in [1.82, 2.24) is 5.32 Å². The first kappa shape index (κ1) is 10.5. The van der Waals surface area contributed by atoms with E-state index in [9.17, 15) is 0 Å². The Kier molecular flexibility index (Phi) is 5.18. The third-order valence-electron chi connectivity index (χ3n) is 1.79. The molecule has 1 aromatic rings. The zero-order valence-corrected chi connectivity index (χ0v) is 8.32. The molecule has 2 nitrogen and oxygen atoms in total. The number of allylic oxidation sites excluding steroid dienone is 1. The molecule has 2 rings (SSSR count). The standard InChI is InChI=1S/C9H10.C3H6N2/c1-2-6-9-7-4-3-5-8-9;1-2-5-3-4-1/h2-5,7-8H,1,6H2;3H,1-2H2,(H,4,5). The van der Waals surface area contributed by atoms with Gasteiger partial charge in [0.25, 0.3) is 0 Å². The summed E-state index contributed by atoms with van der Waals surface area (Å²) in [6.45, 7) is 5.64. The van der Waals surface area contributed by atoms with Gasteiger partial charge in [0.2, 0.25) is 0 Å². The van der Waals surface area contributed by atoms with Crippen LogP contribution in [0.3, 0.4) is 0 Å². The summed E-state index contributed by atoms with van der Waals surface area (Å²) in [4.78, 5) is 3.85. The van der Waals surface area contributed by atoms with Gasteiger partial charge >= 0.3 is 0 Å². The van der Waals surface area contributed by atoms with Gasteiger partial charge in [0.1, 0.15) is 0 Å². The summed E-state index contributed by atoms with van der Waals surface area (Å²) in [5.41, 5.74) is 1.33. The Labute approximate surface area is 85.4 Å². The Bertz CT molecular complexity index is 272. The van der Waals surface area contributed by atoms with Crippen molar-refractivity contribution in [2.45, 2.75) is 6.42 Å². The van der Waals surface area contributed by atoms with Crippen molar-refractivity contribution in [3.05, 3.63) is 48.6 Å². The second-order valence-electron chi connectivity index (χ2n) is 2.97. The maximum absolute atomic E-state index is 3.85. The predicted octanol–water partition coefficient (Wildman–Crippen LogP) is 2.03. The first-order chi connectivity index (χ1) is 6.93. The number of hydrogen-bond acceptors (Lipinski definition) is 2. The van der Waals surface area contributed by atoms with Crippen molar-refractivity contribution >= 4 is 6.34 Å². The minimum absolute atomic E-state index is 0.958. The van der Waals surface area contributed by atoms with Gasteiger partial charge in [-0.15, -0.1) is 6.58 Å². The lowest BCUT2D eigenvalue weighted by Crippen LogP contribution is -2.04. The third-order valence-corrected chi connectivity index (χ3v) is 1.79. The second-order valence-corrected chi connectivity index (χ2v) is 2.97. The molecular weight excluding hydrogens is 172 g/mol. The van der Waals surface area contributed by atoms with Crippen LogP contribution in [-0.4, -0.2) is 19.4 Å². The van der Waals surface area contributed by atoms with Crippen molar-refractivity contribution in [3.8, 4) is 0 Å². The van der Waals surface area contributed by atoms with Gasteiger partial charge in [-0.25, -0.2) is 0 Å². The molecule has 1 N–H and O–H groups in total. The van der Waals surface area contributed by atoms with Gasteiger partial charge in [0.15, 0.2) is 0 Å². The van der Waals surface area contributed by atoms with Gasteiger partial charge in [-0.3, -0.25) is 4.99 Å². The zero-order chi connectivity index (χ0) is 10.1. The van der Waals surface area contributed by atoms with Crippen LogP contribution in [0.4, 0.5) is 0 Å². The monoisotopic (exact) mass is 188 g/mol. The fourth-order valence-electron chi connectivity index (χ4n) is 1.10. The molecule has 0 saturated carbocycles. The largest absolute Gasteiger partial charge is 0.375 e. The number of nitrogens with zero attached hydrogens (tertiary/aromatic N) is 1. The summed E-state index contributed by atoms with van der Waals surface area (Å²) in [6.07, 6.45) is 4.62. The van der Waals surface area contributed by atoms with E-state index in [0.717, 1.165) is 19.5 Å². The molecule has 0 amide bonds. The molecule has 1 aromatic carbocycles. The highest BCUT2D eigenvalue weighted by Gasteiger charge is 1.82. The third kappa shape index (κ3) is 4.45. The van der Waals surface area contributed by atoms with Crippen LogP contribution in [0.2, 0.25) is 0 Å². The Morgan fingerprint density at radius 2 is 2.14 bits per heavy atom. The van der Waals surface area contributed by atoms with Crippen LogP contribution in [0.5, 0.6) is 0 Å². The molecule has 0 atom stereocenters. The molecule has 1 aliphatic heterocycles. The molecule has 2 heteroatoms. The first-order valence-corrected chi connectivity index (χ1v) is 4.80. The van der Waals surface area contributed by atoms with E-state index in [1.165, 1.54) is 5.56 Å². The molecule has 0 spiro atoms. The fraction of sp³-hybridized carbons (Fsp3) is 0.250. The summed E-state index contributed by atoms with van der Waals surface area (Å²) in [7, 11) is 0. The molecule has 0 fully saturated rings. The van der Waals surface area contributed by atoms with Crippen molar-refractivity contribution in [3.63, 3.8) is 0 Å². The molecule has 0 aliphatic carbocycles. The van der Waals surface area contributed by atoms with Crippen LogP contribution in [0.15, 0.2) is 48.0 Å². The quantitative estimate of drug-likeness (QED) is 0.706. The van der Waals surface area contributed by atoms with E-state index in [2.05, 4.69) is 29.0 Å². The summed E-state index contributed by atoms with van der Waals surface area (Å²) in [5.74, 6) is 0. The topological polar surface area (TPSA) is 24.4 Å². The molecule has 1 heterocycles. The highest BCUT2D eigenvalue weighted by molar-refractivity contribution is 5.56. The van der Waals surface area contributed by atoms with Crippen LogP contribution in [0.1, 0.15) is 5.56 Å². The lowest BCUT2D eigenvalue weighted by atomic mass is 10.2. The maximum atomic E-state index is 3.85. The van der Waals surface area contributed by atoms with Crippen molar-refractivity contribution in [2.75, 3.05) is 13.1 Å². The fourth-order valence-corrected chi connectivity index (χ4v) is 1.10. The van der Waals surface area contributed by atoms with Gasteiger partial charge < -0.3 is 5.32 Å². The molecule has 14 heavy (non-hydrogen) atoms. The van der Waals surface area contributed by atoms with Crippen LogP contribution in [0.25, 0.3) is 0 Å². The Morgan fingerprint density at radius 1 is 1.36 bits per heavy atom. The Balaban J connectivity index is 0.000000165. The number of nitrogens with one attached hydrogen (secondary N) is 1. The average molecular weight is 188 g/mol. The Hall–Kier alpha value is -1.57. The zero-order valence-electron chi connectivity index (χ0n) is 8.32. The maximum Gasteiger partial charge on any atom is 0.0825 e. The molecule has 0 bridgehead atoms. The highest BCUT2D eigenvalue weighted by atomic mass is 15.0. The second kappa shape index (κ2) is 6.89. The lowest BCUT2D eigenvalue weighted by Gasteiger charge is -1.91. The average Bonchev–Trinajstić information content (AvgIpc) is 2.78. The Morgan fingerprint density at radius 3 is 2.57 bits per heavy atom. The first-order valence-electron chi connectivity index (χ1n) is 4.80. The van der Waals surface area contributed by atoms with E-state index in [1.807, 2.05) is 24.3 Å². The molecule has 1 aliphatic rings. The van der Waals surface area contributed by atoms with E-state index in [0.29, 0.717) is 0 Å². The highest BCUT2D eigenvalue weighted by Crippen LogP contribution is 1.98. The summed E-state index contributed by atoms with van der Waals surface area (Å²) < 4.78 is 0. The molecular formula is C12H16N2. The summed E-state index contributed by atoms with van der Waals surface area (Å²) in [6, 6.07) is 10.3. The molecule has 0 saturated heterocycles. The molecule has 0 unspecified atom stereocenters. The SMILES string of the molecule is C1=NCCN1.C=CCc1ccccc1. The molecule has 0 radical (unpaired) electrons. The van der Waals surface area contributed by atoms with Crippen LogP contribution >= 0.6 is 0 Å². The van der Waals surface area contributed by atoms with Gasteiger partial charge in [-0.05, 0) is 12.0 Å². The predicted molar refractivity (Wildman–Crippen MR) is 61.7 cm³/mol. The van der Waals surface area contributed by atoms with E-state index in [-0.39, 0.29) is 0 Å². The van der Waals surface area contributed by atoms with Gasteiger partial charge in [0.05, 0.1) is 12.9 Å². The van der Waals surface area contributed by atoms with Crippen molar-refractivity contribution in [1.29, 1.82) is 0 Å².